The van der Waals surface area contributed by atoms with Gasteiger partial charge < -0.3 is 19.7 Å². The van der Waals surface area contributed by atoms with E-state index in [1.165, 1.54) is 0 Å². The van der Waals surface area contributed by atoms with Gasteiger partial charge in [-0.3, -0.25) is 0 Å². The molecule has 0 bridgehead atoms. The van der Waals surface area contributed by atoms with E-state index in [4.69, 9.17) is 19.7 Å². The molecule has 0 aromatic heterocycles. The van der Waals surface area contributed by atoms with Crippen LogP contribution in [0, 0.1) is 0 Å². The second kappa shape index (κ2) is 1.87. The van der Waals surface area contributed by atoms with Crippen LogP contribution in [-0.4, -0.2) is 35.6 Å². The molecule has 2 aliphatic rings. The predicted octanol–water partition coefficient (Wildman–Crippen LogP) is -0.454. The van der Waals surface area contributed by atoms with E-state index < -0.39 is 12.2 Å². The predicted molar refractivity (Wildman–Crippen MR) is 31.4 cm³/mol. The van der Waals surface area contributed by atoms with E-state index >= 15 is 0 Å². The van der Waals surface area contributed by atoms with E-state index in [0.717, 1.165) is 0 Å². The van der Waals surface area contributed by atoms with Gasteiger partial charge in [-0.05, 0) is 0 Å². The van der Waals surface area contributed by atoms with Crippen LogP contribution in [0.4, 0.5) is 0 Å². The molecular formula is C6H8O4. The smallest absolute Gasteiger partial charge is 0.167 e. The lowest BCUT2D eigenvalue weighted by molar-refractivity contribution is 0.0193. The third-order valence-electron chi connectivity index (χ3n) is 1.70. The molecule has 2 heterocycles. The number of fused-ring (bicyclic) bond motifs is 1. The summed E-state index contributed by atoms with van der Waals surface area (Å²) in [7, 11) is 0. The first kappa shape index (κ1) is 6.00. The highest BCUT2D eigenvalue weighted by Crippen LogP contribution is 2.28. The molecule has 0 spiro atoms. The lowest BCUT2D eigenvalue weighted by Crippen LogP contribution is -2.22. The highest BCUT2D eigenvalue weighted by atomic mass is 16.6. The first-order valence-electron chi connectivity index (χ1n) is 3.13. The van der Waals surface area contributed by atoms with Gasteiger partial charge in [-0.1, -0.05) is 0 Å². The van der Waals surface area contributed by atoms with E-state index in [1.54, 1.807) is 0 Å². The Morgan fingerprint density at radius 1 is 1.50 bits per heavy atom. The average molecular weight is 144 g/mol. The molecule has 2 atom stereocenters. The number of aliphatic hydroxyl groups is 2. The highest BCUT2D eigenvalue weighted by molar-refractivity contribution is 5.16. The zero-order chi connectivity index (χ0) is 7.14. The molecule has 4 nitrogen and oxygen atoms in total. The van der Waals surface area contributed by atoms with Gasteiger partial charge >= 0.3 is 0 Å². The van der Waals surface area contributed by atoms with Crippen LogP contribution in [0.2, 0.25) is 0 Å². The first-order valence-corrected chi connectivity index (χ1v) is 3.13. The van der Waals surface area contributed by atoms with Crippen molar-refractivity contribution in [2.45, 2.75) is 12.2 Å². The van der Waals surface area contributed by atoms with Gasteiger partial charge in [0.15, 0.2) is 11.5 Å². The van der Waals surface area contributed by atoms with Crippen molar-refractivity contribution in [1.82, 2.24) is 0 Å². The third kappa shape index (κ3) is 0.629. The molecule has 0 aromatic carbocycles. The molecule has 2 N–H and O–H groups in total. The maximum Gasteiger partial charge on any atom is 0.167 e. The molecule has 1 fully saturated rings. The van der Waals surface area contributed by atoms with Crippen LogP contribution in [0.3, 0.4) is 0 Å². The number of ether oxygens (including phenoxy) is 2. The fourth-order valence-electron chi connectivity index (χ4n) is 1.19. The van der Waals surface area contributed by atoms with Gasteiger partial charge in [-0.15, -0.1) is 0 Å². The Hall–Kier alpha value is -0.740. The van der Waals surface area contributed by atoms with Gasteiger partial charge in [0.25, 0.3) is 0 Å². The van der Waals surface area contributed by atoms with Crippen LogP contribution >= 0.6 is 0 Å². The molecule has 1 saturated heterocycles. The van der Waals surface area contributed by atoms with Crippen molar-refractivity contribution < 1.29 is 19.7 Å². The third-order valence-corrected chi connectivity index (χ3v) is 1.70. The molecule has 0 aromatic rings. The molecule has 2 aliphatic heterocycles. The quantitative estimate of drug-likeness (QED) is 0.483. The summed E-state index contributed by atoms with van der Waals surface area (Å²) in [5, 5.41) is 18.2. The Kier molecular flexibility index (Phi) is 1.12. The molecule has 4 heteroatoms. The molecule has 0 saturated carbocycles. The summed E-state index contributed by atoms with van der Waals surface area (Å²) >= 11 is 0. The Bertz CT molecular complexity index is 186. The average Bonchev–Trinajstić information content (AvgIpc) is 2.41. The van der Waals surface area contributed by atoms with Crippen molar-refractivity contribution in [3.63, 3.8) is 0 Å². The number of rotatable bonds is 0. The molecule has 2 rings (SSSR count). The summed E-state index contributed by atoms with van der Waals surface area (Å²) in [6.45, 7) is 0.390. The number of hydrogen-bond donors (Lipinski definition) is 2. The van der Waals surface area contributed by atoms with Crippen molar-refractivity contribution >= 4 is 0 Å². The number of hydrogen-bond acceptors (Lipinski definition) is 4. The Morgan fingerprint density at radius 2 is 2.30 bits per heavy atom. The molecular weight excluding hydrogens is 136 g/mol. The summed E-state index contributed by atoms with van der Waals surface area (Å²) in [5.74, 6) is 0.522. The highest BCUT2D eigenvalue weighted by Gasteiger charge is 2.39. The van der Waals surface area contributed by atoms with Gasteiger partial charge in [0, 0.05) is 0 Å². The van der Waals surface area contributed by atoms with Crippen LogP contribution in [0.25, 0.3) is 0 Å². The van der Waals surface area contributed by atoms with Crippen LogP contribution in [0.15, 0.2) is 11.5 Å². The maximum atomic E-state index is 9.12. The molecule has 56 valence electrons. The summed E-state index contributed by atoms with van der Waals surface area (Å²) < 4.78 is 9.96. The minimum atomic E-state index is -0.611. The normalized spacial score (nSPS) is 38.1. The molecule has 2 unspecified atom stereocenters. The fourth-order valence-corrected chi connectivity index (χ4v) is 1.19. The largest absolute Gasteiger partial charge is 0.506 e. The fraction of sp³-hybridized carbons (Fsp3) is 0.667. The summed E-state index contributed by atoms with van der Waals surface area (Å²) in [6.07, 6.45) is -1.03. The van der Waals surface area contributed by atoms with Crippen molar-refractivity contribution in [3.05, 3.63) is 11.5 Å². The Balaban J connectivity index is 2.27. The molecule has 0 aliphatic carbocycles. The van der Waals surface area contributed by atoms with Gasteiger partial charge in [-0.2, -0.15) is 0 Å². The van der Waals surface area contributed by atoms with Crippen molar-refractivity contribution in [3.8, 4) is 0 Å². The Morgan fingerprint density at radius 3 is 3.00 bits per heavy atom. The monoisotopic (exact) mass is 144 g/mol. The zero-order valence-electron chi connectivity index (χ0n) is 5.28. The van der Waals surface area contributed by atoms with Gasteiger partial charge in [-0.25, -0.2) is 0 Å². The number of aliphatic hydroxyl groups excluding tert-OH is 2. The molecule has 0 amide bonds. The lowest BCUT2D eigenvalue weighted by Gasteiger charge is -2.04. The van der Waals surface area contributed by atoms with E-state index in [0.29, 0.717) is 5.76 Å². The van der Waals surface area contributed by atoms with Crippen LogP contribution < -0.4 is 0 Å². The minimum Gasteiger partial charge on any atom is -0.506 e. The van der Waals surface area contributed by atoms with Gasteiger partial charge in [0.1, 0.15) is 25.4 Å². The van der Waals surface area contributed by atoms with Gasteiger partial charge in [0.05, 0.1) is 0 Å². The van der Waals surface area contributed by atoms with Crippen molar-refractivity contribution in [2.75, 3.05) is 13.2 Å². The molecule has 10 heavy (non-hydrogen) atoms. The van der Waals surface area contributed by atoms with E-state index in [-0.39, 0.29) is 19.0 Å². The van der Waals surface area contributed by atoms with Crippen LogP contribution in [-0.2, 0) is 9.47 Å². The topological polar surface area (TPSA) is 58.9 Å². The van der Waals surface area contributed by atoms with E-state index in [9.17, 15) is 0 Å². The van der Waals surface area contributed by atoms with E-state index in [1.807, 2.05) is 0 Å². The standard InChI is InChI=1S/C6H8O4/c7-3-1-9-6-4(8)2-10-5(3)6/h3,5,7-8H,1-2H2. The summed E-state index contributed by atoms with van der Waals surface area (Å²) in [5.41, 5.74) is 0. The molecule has 0 radical (unpaired) electrons. The lowest BCUT2D eigenvalue weighted by atomic mass is 10.2. The van der Waals surface area contributed by atoms with Crippen molar-refractivity contribution in [2.24, 2.45) is 0 Å². The second-order valence-corrected chi connectivity index (χ2v) is 2.42. The van der Waals surface area contributed by atoms with Crippen LogP contribution in [0.5, 0.6) is 0 Å². The Labute approximate surface area is 57.7 Å². The zero-order valence-corrected chi connectivity index (χ0v) is 5.28. The van der Waals surface area contributed by atoms with E-state index in [2.05, 4.69) is 0 Å². The second-order valence-electron chi connectivity index (χ2n) is 2.42. The SMILES string of the molecule is OC1=C2OCC(O)C2OC1. The minimum absolute atomic E-state index is 0.113. The van der Waals surface area contributed by atoms with Crippen LogP contribution in [0.1, 0.15) is 0 Å². The van der Waals surface area contributed by atoms with Gasteiger partial charge in [0.2, 0.25) is 0 Å². The van der Waals surface area contributed by atoms with Crippen molar-refractivity contribution in [1.29, 1.82) is 0 Å². The summed E-state index contributed by atoms with van der Waals surface area (Å²) in [6, 6.07) is 0. The maximum absolute atomic E-state index is 9.12. The first-order chi connectivity index (χ1) is 4.79. The summed E-state index contributed by atoms with van der Waals surface area (Å²) in [4.78, 5) is 0.